The zero-order chi connectivity index (χ0) is 19.9. The van der Waals surface area contributed by atoms with Crippen LogP contribution in [0.4, 0.5) is 0 Å². The molecular formula is C24H28NO2. The fraction of sp³-hybridized carbons (Fsp3) is 0.375. The van der Waals surface area contributed by atoms with E-state index in [4.69, 9.17) is 10.5 Å². The number of rotatable bonds is 4. The van der Waals surface area contributed by atoms with Crippen LogP contribution in [0.25, 0.3) is 11.6 Å². The van der Waals surface area contributed by atoms with Gasteiger partial charge >= 0.3 is 0 Å². The number of amides is 1. The molecule has 0 saturated carbocycles. The van der Waals surface area contributed by atoms with Gasteiger partial charge in [-0.15, -0.1) is 0 Å². The molecule has 1 aromatic carbocycles. The average Bonchev–Trinajstić information content (AvgIpc) is 3.03. The maximum atomic E-state index is 12.1. The molecule has 1 N–H and O–H groups in total. The number of fused-ring (bicyclic) bond motifs is 1. The van der Waals surface area contributed by atoms with Crippen LogP contribution >= 0.6 is 0 Å². The highest BCUT2D eigenvalue weighted by Gasteiger charge is 2.29. The van der Waals surface area contributed by atoms with E-state index in [0.29, 0.717) is 5.57 Å². The van der Waals surface area contributed by atoms with Crippen molar-refractivity contribution in [2.45, 2.75) is 52.1 Å². The van der Waals surface area contributed by atoms with Gasteiger partial charge in [0.05, 0.1) is 0 Å². The van der Waals surface area contributed by atoms with Crippen molar-refractivity contribution in [3.63, 3.8) is 0 Å². The minimum absolute atomic E-state index is 0.0230. The summed E-state index contributed by atoms with van der Waals surface area (Å²) in [5, 5.41) is 0. The van der Waals surface area contributed by atoms with Crippen molar-refractivity contribution in [2.24, 2.45) is 0 Å². The van der Waals surface area contributed by atoms with Gasteiger partial charge in [-0.25, -0.2) is 0 Å². The Balaban J connectivity index is 2.30. The van der Waals surface area contributed by atoms with E-state index < -0.39 is 5.91 Å². The molecule has 1 atom stereocenters. The molecule has 0 spiro atoms. The molecule has 1 radical (unpaired) electrons. The van der Waals surface area contributed by atoms with Crippen molar-refractivity contribution in [3.05, 3.63) is 69.8 Å². The van der Waals surface area contributed by atoms with Gasteiger partial charge in [0, 0.05) is 18.3 Å². The van der Waals surface area contributed by atoms with Crippen LogP contribution < -0.4 is 5.73 Å². The second kappa shape index (κ2) is 6.97. The lowest BCUT2D eigenvalue weighted by molar-refractivity contribution is -0.114. The second-order valence-electron chi connectivity index (χ2n) is 8.33. The molecule has 141 valence electrons. The number of methoxy groups -OCH3 is 1. The lowest BCUT2D eigenvalue weighted by Gasteiger charge is -2.27. The Morgan fingerprint density at radius 3 is 2.59 bits per heavy atom. The molecule has 0 aliphatic heterocycles. The molecule has 2 aliphatic carbocycles. The lowest BCUT2D eigenvalue weighted by atomic mass is 9.78. The van der Waals surface area contributed by atoms with Crippen LogP contribution in [-0.4, -0.2) is 19.1 Å². The van der Waals surface area contributed by atoms with Gasteiger partial charge < -0.3 is 4.74 Å². The first-order valence-electron chi connectivity index (χ1n) is 9.45. The lowest BCUT2D eigenvalue weighted by Crippen LogP contribution is -2.20. The van der Waals surface area contributed by atoms with Gasteiger partial charge in [0.25, 0.3) is 5.91 Å². The number of benzene rings is 1. The maximum absolute atomic E-state index is 12.1. The van der Waals surface area contributed by atoms with E-state index in [2.05, 4.69) is 52.5 Å². The van der Waals surface area contributed by atoms with E-state index in [1.165, 1.54) is 22.3 Å². The zero-order valence-electron chi connectivity index (χ0n) is 16.9. The molecule has 0 heterocycles. The molecule has 0 fully saturated rings. The summed E-state index contributed by atoms with van der Waals surface area (Å²) in [5.41, 5.74) is 15.7. The standard InChI is InChI=1S/C24H28NO2/c1-7-15-10-16-12-17(24(3,4)5)13-20(19(16)11-15)22-14(2)21(27-6)9-8-18(22)23(25)26/h8-10,12-13,21,25H,2,7,11H2,1,3-6H3. The van der Waals surface area contributed by atoms with Gasteiger partial charge in [0.1, 0.15) is 6.10 Å². The molecule has 1 aromatic rings. The SMILES string of the molecule is C=C1C(c2cc(C(C)(C)C)cc3c2CC(CC)=C3)=C(C([NH])=O)C=CC1OC. The highest BCUT2D eigenvalue weighted by Crippen LogP contribution is 2.42. The van der Waals surface area contributed by atoms with E-state index in [0.717, 1.165) is 29.6 Å². The molecule has 3 heteroatoms. The van der Waals surface area contributed by atoms with E-state index in [9.17, 15) is 4.79 Å². The van der Waals surface area contributed by atoms with E-state index in [1.54, 1.807) is 19.3 Å². The summed E-state index contributed by atoms with van der Waals surface area (Å²) in [7, 11) is 1.64. The van der Waals surface area contributed by atoms with Crippen molar-refractivity contribution in [3.8, 4) is 0 Å². The number of hydrogen-bond acceptors (Lipinski definition) is 2. The van der Waals surface area contributed by atoms with Crippen LogP contribution in [0.5, 0.6) is 0 Å². The Morgan fingerprint density at radius 2 is 2.04 bits per heavy atom. The number of hydrogen-bond donors (Lipinski definition) is 0. The van der Waals surface area contributed by atoms with Crippen molar-refractivity contribution >= 4 is 17.6 Å². The van der Waals surface area contributed by atoms with Gasteiger partial charge in [-0.1, -0.05) is 64.1 Å². The van der Waals surface area contributed by atoms with Crippen LogP contribution in [0.2, 0.25) is 0 Å². The van der Waals surface area contributed by atoms with Crippen LogP contribution in [-0.2, 0) is 21.4 Å². The van der Waals surface area contributed by atoms with Gasteiger partial charge in [0.15, 0.2) is 0 Å². The van der Waals surface area contributed by atoms with E-state index >= 15 is 0 Å². The Kier molecular flexibility index (Phi) is 5.00. The first-order valence-corrected chi connectivity index (χ1v) is 9.45. The molecule has 3 rings (SSSR count). The Labute approximate surface area is 162 Å². The van der Waals surface area contributed by atoms with Crippen molar-refractivity contribution in [1.82, 2.24) is 5.73 Å². The minimum Gasteiger partial charge on any atom is -0.373 e. The molecule has 1 amide bonds. The van der Waals surface area contributed by atoms with Crippen LogP contribution in [0.1, 0.15) is 56.4 Å². The summed E-state index contributed by atoms with van der Waals surface area (Å²) in [4.78, 5) is 12.1. The molecule has 0 aromatic heterocycles. The van der Waals surface area contributed by atoms with E-state index in [-0.39, 0.29) is 11.5 Å². The fourth-order valence-electron chi connectivity index (χ4n) is 3.83. The van der Waals surface area contributed by atoms with Crippen LogP contribution in [0.15, 0.2) is 47.6 Å². The summed E-state index contributed by atoms with van der Waals surface area (Å²) >= 11 is 0. The Bertz CT molecular complexity index is 907. The highest BCUT2D eigenvalue weighted by atomic mass is 16.5. The molecular weight excluding hydrogens is 334 g/mol. The first kappa shape index (κ1) is 19.4. The molecule has 3 nitrogen and oxygen atoms in total. The number of allylic oxidation sites excluding steroid dienone is 1. The summed E-state index contributed by atoms with van der Waals surface area (Å²) in [6.45, 7) is 13.0. The molecule has 2 aliphatic rings. The zero-order valence-corrected chi connectivity index (χ0v) is 16.9. The quantitative estimate of drug-likeness (QED) is 0.753. The average molecular weight is 362 g/mol. The van der Waals surface area contributed by atoms with Crippen molar-refractivity contribution in [1.29, 1.82) is 0 Å². The second-order valence-corrected chi connectivity index (χ2v) is 8.33. The Morgan fingerprint density at radius 1 is 1.33 bits per heavy atom. The smallest absolute Gasteiger partial charge is 0.270 e. The van der Waals surface area contributed by atoms with Gasteiger partial charge in [-0.05, 0) is 52.2 Å². The maximum Gasteiger partial charge on any atom is 0.270 e. The predicted octanol–water partition coefficient (Wildman–Crippen LogP) is 5.04. The summed E-state index contributed by atoms with van der Waals surface area (Å²) in [6, 6.07) is 4.44. The number of ether oxygens (including phenoxy) is 1. The van der Waals surface area contributed by atoms with Crippen molar-refractivity contribution in [2.75, 3.05) is 7.11 Å². The monoisotopic (exact) mass is 362 g/mol. The first-order chi connectivity index (χ1) is 12.7. The predicted molar refractivity (Wildman–Crippen MR) is 111 cm³/mol. The normalized spacial score (nSPS) is 19.4. The Hall–Kier alpha value is -2.39. The molecule has 1 unspecified atom stereocenters. The molecule has 27 heavy (non-hydrogen) atoms. The van der Waals surface area contributed by atoms with Gasteiger partial charge in [-0.2, -0.15) is 0 Å². The van der Waals surface area contributed by atoms with Crippen molar-refractivity contribution < 1.29 is 9.53 Å². The van der Waals surface area contributed by atoms with Gasteiger partial charge in [-0.3, -0.25) is 10.5 Å². The highest BCUT2D eigenvalue weighted by molar-refractivity contribution is 6.07. The summed E-state index contributed by atoms with van der Waals surface area (Å²) in [6.07, 6.45) is 7.39. The van der Waals surface area contributed by atoms with E-state index in [1.807, 2.05) is 0 Å². The number of carbonyl (C=O) groups excluding carboxylic acids is 1. The fourth-order valence-corrected chi connectivity index (χ4v) is 3.83. The largest absolute Gasteiger partial charge is 0.373 e. The third-order valence-electron chi connectivity index (χ3n) is 5.51. The van der Waals surface area contributed by atoms with Crippen LogP contribution in [0.3, 0.4) is 0 Å². The third-order valence-corrected chi connectivity index (χ3v) is 5.51. The summed E-state index contributed by atoms with van der Waals surface area (Å²) in [5.74, 6) is -0.687. The third kappa shape index (κ3) is 3.44. The number of nitrogens with one attached hydrogen (secondary N) is 1. The minimum atomic E-state index is -0.687. The van der Waals surface area contributed by atoms with Gasteiger partial charge in [0.2, 0.25) is 0 Å². The molecule has 0 bridgehead atoms. The summed E-state index contributed by atoms with van der Waals surface area (Å²) < 4.78 is 5.54. The topological polar surface area (TPSA) is 50.1 Å². The van der Waals surface area contributed by atoms with Crippen LogP contribution in [0, 0.1) is 0 Å². The molecule has 0 saturated heterocycles. The number of carbonyl (C=O) groups is 1.